The molecule has 1 aliphatic heterocycles. The normalized spacial score (nSPS) is 20.0. The average Bonchev–Trinajstić information content (AvgIpc) is 2.89. The number of ether oxygens (including phenoxy) is 3. The molecule has 8 heteroatoms. The molecule has 2 aromatic rings. The standard InChI is InChI=1S/C34H39ClINO5/c1-33(2)15-24-30(26(38)17-33)29(31-25(37(24)10-11-40-5)16-34(3,4)18-27(31)39)21-13-23(36)32(28(14-21)41-6)42-19-20-8-7-9-22(35)12-20/h7-9,12-14,29H,10-11,15-19H2,1-6H3. The lowest BCUT2D eigenvalue weighted by atomic mass is 9.63. The van der Waals surface area contributed by atoms with Crippen molar-refractivity contribution in [2.45, 2.75) is 65.9 Å². The van der Waals surface area contributed by atoms with E-state index in [4.69, 9.17) is 25.8 Å². The molecule has 224 valence electrons. The van der Waals surface area contributed by atoms with Gasteiger partial charge in [-0.15, -0.1) is 0 Å². The van der Waals surface area contributed by atoms with Gasteiger partial charge in [-0.05, 0) is 81.7 Å². The number of rotatable bonds is 8. The quantitative estimate of drug-likeness (QED) is 0.261. The number of halogens is 2. The van der Waals surface area contributed by atoms with Gasteiger partial charge in [0.1, 0.15) is 6.61 Å². The van der Waals surface area contributed by atoms with Crippen molar-refractivity contribution in [2.24, 2.45) is 10.8 Å². The second kappa shape index (κ2) is 12.0. The van der Waals surface area contributed by atoms with E-state index in [1.54, 1.807) is 14.2 Å². The number of Topliss-reactive ketones (excluding diaryl/α,β-unsaturated/α-hetero) is 2. The summed E-state index contributed by atoms with van der Waals surface area (Å²) in [7, 11) is 3.31. The number of carbonyl (C=O) groups is 2. The lowest BCUT2D eigenvalue weighted by Crippen LogP contribution is -2.45. The van der Waals surface area contributed by atoms with Gasteiger partial charge in [-0.1, -0.05) is 51.4 Å². The highest BCUT2D eigenvalue weighted by Crippen LogP contribution is 2.55. The van der Waals surface area contributed by atoms with Crippen LogP contribution in [0.5, 0.6) is 11.5 Å². The largest absolute Gasteiger partial charge is 0.493 e. The fourth-order valence-electron chi connectivity index (χ4n) is 6.66. The third-order valence-electron chi connectivity index (χ3n) is 8.40. The molecule has 1 heterocycles. The van der Waals surface area contributed by atoms with E-state index in [0.29, 0.717) is 49.1 Å². The SMILES string of the molecule is COCCN1C2=C(C(=O)CC(C)(C)C2)C(c2cc(I)c(OCc3cccc(Cl)c3)c(OC)c2)C2=C1CC(C)(C)CC2=O. The summed E-state index contributed by atoms with van der Waals surface area (Å²) >= 11 is 8.44. The number of ketones is 2. The number of nitrogens with zero attached hydrogens (tertiary/aromatic N) is 1. The number of benzene rings is 2. The van der Waals surface area contributed by atoms with Crippen LogP contribution in [-0.4, -0.2) is 43.8 Å². The minimum atomic E-state index is -0.453. The van der Waals surface area contributed by atoms with E-state index in [9.17, 15) is 9.59 Å². The van der Waals surface area contributed by atoms with Crippen molar-refractivity contribution in [1.82, 2.24) is 4.90 Å². The Balaban J connectivity index is 1.65. The van der Waals surface area contributed by atoms with Crippen molar-refractivity contribution in [1.29, 1.82) is 0 Å². The molecule has 0 amide bonds. The fraction of sp³-hybridized carbons (Fsp3) is 0.471. The Hall–Kier alpha value is -2.36. The zero-order valence-corrected chi connectivity index (χ0v) is 28.1. The van der Waals surface area contributed by atoms with Gasteiger partial charge in [0.2, 0.25) is 0 Å². The molecule has 42 heavy (non-hydrogen) atoms. The van der Waals surface area contributed by atoms with Gasteiger partial charge in [-0.25, -0.2) is 0 Å². The van der Waals surface area contributed by atoms with Crippen LogP contribution in [0.3, 0.4) is 0 Å². The van der Waals surface area contributed by atoms with Crippen molar-refractivity contribution >= 4 is 45.8 Å². The van der Waals surface area contributed by atoms with Crippen molar-refractivity contribution in [2.75, 3.05) is 27.4 Å². The summed E-state index contributed by atoms with van der Waals surface area (Å²) in [5, 5.41) is 0.652. The first-order chi connectivity index (χ1) is 19.8. The van der Waals surface area contributed by atoms with Crippen LogP contribution in [-0.2, 0) is 20.9 Å². The summed E-state index contributed by atoms with van der Waals surface area (Å²) in [4.78, 5) is 30.3. The minimum Gasteiger partial charge on any atom is -0.493 e. The lowest BCUT2D eigenvalue weighted by Gasteiger charge is -2.49. The maximum Gasteiger partial charge on any atom is 0.174 e. The van der Waals surface area contributed by atoms with Gasteiger partial charge < -0.3 is 19.1 Å². The molecule has 0 saturated carbocycles. The molecule has 3 aliphatic rings. The van der Waals surface area contributed by atoms with Crippen molar-refractivity contribution < 1.29 is 23.8 Å². The van der Waals surface area contributed by atoms with Gasteiger partial charge in [0, 0.05) is 60.0 Å². The second-order valence-corrected chi connectivity index (χ2v) is 14.7. The van der Waals surface area contributed by atoms with Crippen LogP contribution in [0.25, 0.3) is 0 Å². The molecule has 0 N–H and O–H groups in total. The Bertz CT molecular complexity index is 1440. The van der Waals surface area contributed by atoms with Crippen LogP contribution in [0.1, 0.15) is 70.4 Å². The van der Waals surface area contributed by atoms with E-state index in [1.807, 2.05) is 36.4 Å². The average molecular weight is 704 g/mol. The van der Waals surface area contributed by atoms with Crippen molar-refractivity contribution in [3.05, 3.63) is 78.7 Å². The summed E-state index contributed by atoms with van der Waals surface area (Å²) < 4.78 is 18.4. The summed E-state index contributed by atoms with van der Waals surface area (Å²) in [5.74, 6) is 0.943. The Morgan fingerprint density at radius 3 is 2.10 bits per heavy atom. The van der Waals surface area contributed by atoms with E-state index in [2.05, 4.69) is 55.2 Å². The van der Waals surface area contributed by atoms with Crippen LogP contribution in [0, 0.1) is 14.4 Å². The van der Waals surface area contributed by atoms with E-state index in [0.717, 1.165) is 50.1 Å². The Morgan fingerprint density at radius 1 is 0.929 bits per heavy atom. The summed E-state index contributed by atoms with van der Waals surface area (Å²) in [6, 6.07) is 11.6. The molecule has 0 radical (unpaired) electrons. The molecule has 2 aromatic carbocycles. The van der Waals surface area contributed by atoms with E-state index in [1.165, 1.54) is 0 Å². The predicted molar refractivity (Wildman–Crippen MR) is 173 cm³/mol. The van der Waals surface area contributed by atoms with Gasteiger partial charge in [-0.2, -0.15) is 0 Å². The predicted octanol–water partition coefficient (Wildman–Crippen LogP) is 7.86. The van der Waals surface area contributed by atoms with Crippen LogP contribution in [0.2, 0.25) is 5.02 Å². The molecule has 0 unspecified atom stereocenters. The Morgan fingerprint density at radius 2 is 1.55 bits per heavy atom. The van der Waals surface area contributed by atoms with Gasteiger partial charge in [0.15, 0.2) is 23.1 Å². The maximum absolute atomic E-state index is 14.0. The molecule has 0 saturated heterocycles. The fourth-order valence-corrected chi connectivity index (χ4v) is 7.66. The molecule has 0 aromatic heterocycles. The molecular formula is C34H39ClINO5. The van der Waals surface area contributed by atoms with Crippen LogP contribution in [0.15, 0.2) is 58.9 Å². The first-order valence-electron chi connectivity index (χ1n) is 14.4. The number of hydrogen-bond acceptors (Lipinski definition) is 6. The van der Waals surface area contributed by atoms with E-state index in [-0.39, 0.29) is 22.4 Å². The minimum absolute atomic E-state index is 0.105. The molecule has 5 rings (SSSR count). The molecular weight excluding hydrogens is 665 g/mol. The first-order valence-corrected chi connectivity index (χ1v) is 15.8. The third kappa shape index (κ3) is 6.15. The third-order valence-corrected chi connectivity index (χ3v) is 9.43. The smallest absolute Gasteiger partial charge is 0.174 e. The highest BCUT2D eigenvalue weighted by Gasteiger charge is 2.49. The first kappa shape index (κ1) is 31.1. The van der Waals surface area contributed by atoms with Crippen LogP contribution < -0.4 is 9.47 Å². The zero-order valence-electron chi connectivity index (χ0n) is 25.2. The van der Waals surface area contributed by atoms with Crippen molar-refractivity contribution in [3.8, 4) is 11.5 Å². The van der Waals surface area contributed by atoms with Gasteiger partial charge in [-0.3, -0.25) is 9.59 Å². The van der Waals surface area contributed by atoms with E-state index < -0.39 is 5.92 Å². The molecule has 0 spiro atoms. The number of allylic oxidation sites excluding steroid dienone is 4. The number of methoxy groups -OCH3 is 2. The van der Waals surface area contributed by atoms with E-state index >= 15 is 0 Å². The topological polar surface area (TPSA) is 65.1 Å². The number of hydrogen-bond donors (Lipinski definition) is 0. The lowest BCUT2D eigenvalue weighted by molar-refractivity contribution is -0.119. The maximum atomic E-state index is 14.0. The highest BCUT2D eigenvalue weighted by atomic mass is 127. The van der Waals surface area contributed by atoms with Gasteiger partial charge >= 0.3 is 0 Å². The van der Waals surface area contributed by atoms with Crippen LogP contribution in [0.4, 0.5) is 0 Å². The van der Waals surface area contributed by atoms with Crippen LogP contribution >= 0.6 is 34.2 Å². The monoisotopic (exact) mass is 703 g/mol. The molecule has 0 bridgehead atoms. The summed E-state index contributed by atoms with van der Waals surface area (Å²) in [5.41, 5.74) is 4.99. The van der Waals surface area contributed by atoms with Gasteiger partial charge in [0.05, 0.1) is 17.3 Å². The molecule has 2 aliphatic carbocycles. The Labute approximate surface area is 267 Å². The summed E-state index contributed by atoms with van der Waals surface area (Å²) in [6.07, 6.45) is 2.40. The Kier molecular flexibility index (Phi) is 8.85. The van der Waals surface area contributed by atoms with Gasteiger partial charge in [0.25, 0.3) is 0 Å². The highest BCUT2D eigenvalue weighted by molar-refractivity contribution is 14.1. The molecule has 6 nitrogen and oxygen atoms in total. The molecule has 0 atom stereocenters. The number of carbonyl (C=O) groups excluding carboxylic acids is 2. The van der Waals surface area contributed by atoms with Crippen molar-refractivity contribution in [3.63, 3.8) is 0 Å². The zero-order chi connectivity index (χ0) is 30.4. The second-order valence-electron chi connectivity index (χ2n) is 13.1. The molecule has 0 fully saturated rings. The summed E-state index contributed by atoms with van der Waals surface area (Å²) in [6.45, 7) is 10.0.